The largest absolute Gasteiger partial charge is 0.342 e. The summed E-state index contributed by atoms with van der Waals surface area (Å²) in [6.45, 7) is 3.99. The Hall–Kier alpha value is -1.87. The number of para-hydroxylation sites is 1. The van der Waals surface area contributed by atoms with E-state index in [4.69, 9.17) is 0 Å². The summed E-state index contributed by atoms with van der Waals surface area (Å²) in [5.74, 6) is 0. The van der Waals surface area contributed by atoms with E-state index in [1.807, 2.05) is 6.20 Å². The third-order valence-electron chi connectivity index (χ3n) is 3.65. The van der Waals surface area contributed by atoms with Crippen molar-refractivity contribution in [3.05, 3.63) is 54.4 Å². The van der Waals surface area contributed by atoms with E-state index in [1.54, 1.807) is 0 Å². The first-order valence-corrected chi connectivity index (χ1v) is 7.37. The second kappa shape index (κ2) is 6.06. The molecule has 0 spiro atoms. The fourth-order valence-electron chi connectivity index (χ4n) is 2.39. The van der Waals surface area contributed by atoms with Gasteiger partial charge in [0.25, 0.3) is 0 Å². The van der Waals surface area contributed by atoms with Crippen LogP contribution >= 0.6 is 0 Å². The van der Waals surface area contributed by atoms with Gasteiger partial charge in [-0.15, -0.1) is 0 Å². The van der Waals surface area contributed by atoms with Crippen LogP contribution in [0.15, 0.2) is 48.7 Å². The van der Waals surface area contributed by atoms with E-state index in [-0.39, 0.29) is 0 Å². The van der Waals surface area contributed by atoms with Gasteiger partial charge in [0.05, 0.1) is 5.69 Å². The van der Waals surface area contributed by atoms with E-state index in [2.05, 4.69) is 64.6 Å². The third kappa shape index (κ3) is 3.17. The van der Waals surface area contributed by atoms with Gasteiger partial charge in [0.15, 0.2) is 0 Å². The molecule has 3 nitrogen and oxygen atoms in total. The highest BCUT2D eigenvalue weighted by Gasteiger charge is 2.20. The summed E-state index contributed by atoms with van der Waals surface area (Å²) in [4.78, 5) is 6.77. The lowest BCUT2D eigenvalue weighted by molar-refractivity contribution is 0.674. The molecule has 20 heavy (non-hydrogen) atoms. The third-order valence-corrected chi connectivity index (χ3v) is 3.65. The van der Waals surface area contributed by atoms with Crippen LogP contribution in [0.5, 0.6) is 0 Å². The van der Waals surface area contributed by atoms with Crippen molar-refractivity contribution in [1.82, 2.24) is 10.3 Å². The highest BCUT2D eigenvalue weighted by molar-refractivity contribution is 5.62. The molecule has 1 fully saturated rings. The van der Waals surface area contributed by atoms with Crippen molar-refractivity contribution in [1.29, 1.82) is 0 Å². The van der Waals surface area contributed by atoms with Crippen LogP contribution in [-0.2, 0) is 6.54 Å². The topological polar surface area (TPSA) is 28.2 Å². The van der Waals surface area contributed by atoms with Crippen LogP contribution in [0.2, 0.25) is 0 Å². The molecule has 1 aliphatic carbocycles. The Labute approximate surface area is 120 Å². The van der Waals surface area contributed by atoms with Gasteiger partial charge in [-0.3, -0.25) is 4.98 Å². The normalized spacial score (nSPS) is 14.2. The predicted molar refractivity (Wildman–Crippen MR) is 83.2 cm³/mol. The summed E-state index contributed by atoms with van der Waals surface area (Å²) >= 11 is 0. The van der Waals surface area contributed by atoms with Crippen molar-refractivity contribution >= 4 is 11.4 Å². The van der Waals surface area contributed by atoms with Crippen LogP contribution in [0.1, 0.15) is 25.5 Å². The highest BCUT2D eigenvalue weighted by Crippen LogP contribution is 2.25. The maximum atomic E-state index is 4.46. The number of pyridine rings is 1. The van der Waals surface area contributed by atoms with Crippen LogP contribution < -0.4 is 10.2 Å². The standard InChI is InChI=1S/C17H21N3/c1-2-20(16-6-4-3-5-7-16)17-10-11-18-15(12-17)13-19-14-8-9-14/h3-7,10-12,14,19H,2,8-9,13H2,1H3. The molecular formula is C17H21N3. The van der Waals surface area contributed by atoms with E-state index < -0.39 is 0 Å². The fraction of sp³-hybridized carbons (Fsp3) is 0.353. The van der Waals surface area contributed by atoms with Crippen LogP contribution in [0.4, 0.5) is 11.4 Å². The van der Waals surface area contributed by atoms with Crippen LogP contribution in [0.3, 0.4) is 0 Å². The molecule has 0 saturated heterocycles. The van der Waals surface area contributed by atoms with E-state index in [0.717, 1.165) is 24.8 Å². The summed E-state index contributed by atoms with van der Waals surface area (Å²) in [5.41, 5.74) is 3.55. The predicted octanol–water partition coefficient (Wildman–Crippen LogP) is 3.49. The molecular weight excluding hydrogens is 246 g/mol. The molecule has 1 N–H and O–H groups in total. The molecule has 0 unspecified atom stereocenters. The molecule has 0 aliphatic heterocycles. The number of hydrogen-bond donors (Lipinski definition) is 1. The van der Waals surface area contributed by atoms with Gasteiger partial charge in [0.2, 0.25) is 0 Å². The van der Waals surface area contributed by atoms with Gasteiger partial charge in [-0.25, -0.2) is 0 Å². The smallest absolute Gasteiger partial charge is 0.0562 e. The van der Waals surface area contributed by atoms with Gasteiger partial charge in [-0.1, -0.05) is 18.2 Å². The van der Waals surface area contributed by atoms with Crippen molar-refractivity contribution < 1.29 is 0 Å². The Balaban J connectivity index is 1.78. The average molecular weight is 267 g/mol. The number of rotatable bonds is 6. The van der Waals surface area contributed by atoms with Crippen LogP contribution in [-0.4, -0.2) is 17.6 Å². The lowest BCUT2D eigenvalue weighted by atomic mass is 10.2. The lowest BCUT2D eigenvalue weighted by Crippen LogP contribution is -2.18. The molecule has 3 rings (SSSR count). The van der Waals surface area contributed by atoms with Crippen LogP contribution in [0.25, 0.3) is 0 Å². The van der Waals surface area contributed by atoms with E-state index in [0.29, 0.717) is 0 Å². The number of aromatic nitrogens is 1. The molecule has 2 aromatic rings. The minimum Gasteiger partial charge on any atom is -0.342 e. The first kappa shape index (κ1) is 13.1. The van der Waals surface area contributed by atoms with Crippen molar-refractivity contribution in [2.75, 3.05) is 11.4 Å². The molecule has 104 valence electrons. The molecule has 1 saturated carbocycles. The SMILES string of the molecule is CCN(c1ccccc1)c1ccnc(CNC2CC2)c1. The van der Waals surface area contributed by atoms with E-state index in [9.17, 15) is 0 Å². The number of benzene rings is 1. The lowest BCUT2D eigenvalue weighted by Gasteiger charge is -2.23. The Morgan fingerprint density at radius 2 is 1.95 bits per heavy atom. The second-order valence-corrected chi connectivity index (χ2v) is 5.24. The van der Waals surface area contributed by atoms with Gasteiger partial charge in [0, 0.05) is 36.7 Å². The van der Waals surface area contributed by atoms with Crippen molar-refractivity contribution in [3.8, 4) is 0 Å². The Kier molecular flexibility index (Phi) is 3.97. The summed E-state index contributed by atoms with van der Waals surface area (Å²) in [5, 5.41) is 3.52. The molecule has 1 aromatic heterocycles. The zero-order valence-electron chi connectivity index (χ0n) is 11.9. The minimum absolute atomic E-state index is 0.719. The molecule has 1 aromatic carbocycles. The fourth-order valence-corrected chi connectivity index (χ4v) is 2.39. The van der Waals surface area contributed by atoms with Crippen molar-refractivity contribution in [2.45, 2.75) is 32.4 Å². The number of nitrogens with zero attached hydrogens (tertiary/aromatic N) is 2. The van der Waals surface area contributed by atoms with Gasteiger partial charge < -0.3 is 10.2 Å². The first-order valence-electron chi connectivity index (χ1n) is 7.37. The number of hydrogen-bond acceptors (Lipinski definition) is 3. The molecule has 3 heteroatoms. The number of nitrogens with one attached hydrogen (secondary N) is 1. The quantitative estimate of drug-likeness (QED) is 0.868. The van der Waals surface area contributed by atoms with Gasteiger partial charge >= 0.3 is 0 Å². The molecule has 1 heterocycles. The molecule has 0 amide bonds. The van der Waals surface area contributed by atoms with Gasteiger partial charge in [0.1, 0.15) is 0 Å². The highest BCUT2D eigenvalue weighted by atomic mass is 15.1. The van der Waals surface area contributed by atoms with E-state index in [1.165, 1.54) is 24.2 Å². The van der Waals surface area contributed by atoms with Gasteiger partial charge in [-0.2, -0.15) is 0 Å². The van der Waals surface area contributed by atoms with Crippen LogP contribution in [0, 0.1) is 0 Å². The summed E-state index contributed by atoms with van der Waals surface area (Å²) in [6.07, 6.45) is 4.53. The summed E-state index contributed by atoms with van der Waals surface area (Å²) in [7, 11) is 0. The van der Waals surface area contributed by atoms with Crippen molar-refractivity contribution in [2.24, 2.45) is 0 Å². The Morgan fingerprint density at radius 1 is 1.15 bits per heavy atom. The maximum absolute atomic E-state index is 4.46. The monoisotopic (exact) mass is 267 g/mol. The summed E-state index contributed by atoms with van der Waals surface area (Å²) in [6, 6.07) is 15.5. The van der Waals surface area contributed by atoms with Gasteiger partial charge in [-0.05, 0) is 44.0 Å². The summed E-state index contributed by atoms with van der Waals surface area (Å²) < 4.78 is 0. The zero-order valence-corrected chi connectivity index (χ0v) is 11.9. The van der Waals surface area contributed by atoms with Crippen molar-refractivity contribution in [3.63, 3.8) is 0 Å². The Morgan fingerprint density at radius 3 is 2.65 bits per heavy atom. The average Bonchev–Trinajstić information content (AvgIpc) is 3.32. The zero-order chi connectivity index (χ0) is 13.8. The molecule has 0 bridgehead atoms. The Bertz CT molecular complexity index is 549. The number of anilines is 2. The molecule has 0 atom stereocenters. The molecule has 0 radical (unpaired) electrons. The van der Waals surface area contributed by atoms with E-state index >= 15 is 0 Å². The first-order chi connectivity index (χ1) is 9.86. The minimum atomic E-state index is 0.719. The molecule has 1 aliphatic rings. The maximum Gasteiger partial charge on any atom is 0.0562 e. The second-order valence-electron chi connectivity index (χ2n) is 5.24.